The van der Waals surface area contributed by atoms with Crippen LogP contribution in [-0.2, 0) is 14.5 Å². The first-order valence-corrected chi connectivity index (χ1v) is 10.7. The molecule has 3 heterocycles. The Bertz CT molecular complexity index is 1090. The van der Waals surface area contributed by atoms with Crippen LogP contribution < -0.4 is 9.64 Å². The number of hydrogen-bond donors (Lipinski definition) is 2. The van der Waals surface area contributed by atoms with E-state index in [4.69, 9.17) is 14.3 Å². The molecule has 0 spiro atoms. The number of pyridine rings is 1. The van der Waals surface area contributed by atoms with Gasteiger partial charge in [0, 0.05) is 52.6 Å². The molecule has 27 heavy (non-hydrogen) atoms. The van der Waals surface area contributed by atoms with Gasteiger partial charge in [-0.15, -0.1) is 0 Å². The van der Waals surface area contributed by atoms with Crippen molar-refractivity contribution in [2.24, 2.45) is 0 Å². The summed E-state index contributed by atoms with van der Waals surface area (Å²) >= 11 is 0. The number of aromatic amines is 1. The van der Waals surface area contributed by atoms with E-state index in [2.05, 4.69) is 14.9 Å². The van der Waals surface area contributed by atoms with E-state index in [0.717, 1.165) is 41.1 Å². The second-order valence-electron chi connectivity index (χ2n) is 6.60. The van der Waals surface area contributed by atoms with Crippen molar-refractivity contribution in [3.63, 3.8) is 0 Å². The lowest BCUT2D eigenvalue weighted by atomic mass is 10.1. The number of nitrogens with one attached hydrogen (secondary N) is 2. The Hall–Kier alpha value is -2.58. The molecule has 1 atom stereocenters. The number of aromatic nitrogens is 2. The maximum Gasteiger partial charge on any atom is 0.214 e. The largest absolute Gasteiger partial charge is 0.481 e. The third-order valence-electron chi connectivity index (χ3n) is 4.72. The van der Waals surface area contributed by atoms with Gasteiger partial charge in [0.25, 0.3) is 0 Å². The molecule has 7 nitrogen and oxygen atoms in total. The molecule has 4 rings (SSSR count). The second-order valence-corrected chi connectivity index (χ2v) is 8.76. The first kappa shape index (κ1) is 17.8. The van der Waals surface area contributed by atoms with Gasteiger partial charge in [0.2, 0.25) is 5.88 Å². The number of H-pyrrole nitrogens is 1. The molecule has 1 saturated heterocycles. The maximum atomic E-state index is 12.3. The Balaban J connectivity index is 1.88. The molecular weight excluding hydrogens is 364 g/mol. The van der Waals surface area contributed by atoms with Crippen LogP contribution in [-0.4, -0.2) is 53.8 Å². The van der Waals surface area contributed by atoms with Crippen molar-refractivity contribution in [3.8, 4) is 17.1 Å². The van der Waals surface area contributed by atoms with Gasteiger partial charge in [-0.1, -0.05) is 0 Å². The Morgan fingerprint density at radius 3 is 2.70 bits per heavy atom. The van der Waals surface area contributed by atoms with Crippen molar-refractivity contribution in [2.75, 3.05) is 44.6 Å². The molecule has 2 aromatic heterocycles. The minimum absolute atomic E-state index is 0.513. The number of nitrogens with zero attached hydrogens (tertiary/aromatic N) is 2. The van der Waals surface area contributed by atoms with Crippen LogP contribution in [0.15, 0.2) is 41.3 Å². The van der Waals surface area contributed by atoms with E-state index < -0.39 is 9.73 Å². The zero-order valence-electron chi connectivity index (χ0n) is 15.3. The first-order valence-electron chi connectivity index (χ1n) is 8.70. The van der Waals surface area contributed by atoms with Crippen LogP contribution in [0.25, 0.3) is 22.3 Å². The Labute approximate surface area is 158 Å². The fourth-order valence-electron chi connectivity index (χ4n) is 3.30. The van der Waals surface area contributed by atoms with E-state index in [9.17, 15) is 4.21 Å². The fraction of sp³-hybridized carbons (Fsp3) is 0.316. The number of anilines is 1. The molecule has 8 heteroatoms. The van der Waals surface area contributed by atoms with Gasteiger partial charge in [0.1, 0.15) is 5.65 Å². The average Bonchev–Trinajstić information content (AvgIpc) is 3.10. The Morgan fingerprint density at radius 2 is 2.00 bits per heavy atom. The summed E-state index contributed by atoms with van der Waals surface area (Å²) in [6.07, 6.45) is 1.44. The van der Waals surface area contributed by atoms with E-state index in [1.807, 2.05) is 30.3 Å². The highest BCUT2D eigenvalue weighted by molar-refractivity contribution is 7.91. The molecule has 1 fully saturated rings. The maximum absolute atomic E-state index is 12.3. The molecule has 1 aromatic carbocycles. The van der Waals surface area contributed by atoms with Crippen LogP contribution in [0.5, 0.6) is 5.88 Å². The molecule has 1 aliphatic heterocycles. The van der Waals surface area contributed by atoms with E-state index in [1.165, 1.54) is 6.26 Å². The van der Waals surface area contributed by atoms with Crippen LogP contribution in [0.3, 0.4) is 0 Å². The lowest BCUT2D eigenvalue weighted by Crippen LogP contribution is -2.36. The SMILES string of the molecule is COc1ccc2cc(-c3cc(S(C)(=N)=O)ccc3N3CCOCC3)[nH]c2n1. The van der Waals surface area contributed by atoms with Gasteiger partial charge < -0.3 is 19.4 Å². The zero-order valence-corrected chi connectivity index (χ0v) is 16.1. The molecule has 142 valence electrons. The number of benzene rings is 1. The van der Waals surface area contributed by atoms with Gasteiger partial charge in [0.15, 0.2) is 0 Å². The summed E-state index contributed by atoms with van der Waals surface area (Å²) in [4.78, 5) is 10.6. The molecule has 3 aromatic rings. The highest BCUT2D eigenvalue weighted by Gasteiger charge is 2.19. The summed E-state index contributed by atoms with van der Waals surface area (Å²) in [6, 6.07) is 11.4. The molecular formula is C19H22N4O3S. The number of ether oxygens (including phenoxy) is 2. The molecule has 1 aliphatic rings. The van der Waals surface area contributed by atoms with Gasteiger partial charge in [0.05, 0.1) is 30.1 Å². The molecule has 0 bridgehead atoms. The third kappa shape index (κ3) is 3.50. The van der Waals surface area contributed by atoms with E-state index >= 15 is 0 Å². The highest BCUT2D eigenvalue weighted by Crippen LogP contribution is 2.35. The fourth-order valence-corrected chi connectivity index (χ4v) is 3.97. The lowest BCUT2D eigenvalue weighted by molar-refractivity contribution is 0.123. The van der Waals surface area contributed by atoms with Crippen LogP contribution in [0, 0.1) is 4.78 Å². The van der Waals surface area contributed by atoms with Gasteiger partial charge >= 0.3 is 0 Å². The molecule has 0 saturated carbocycles. The predicted molar refractivity (Wildman–Crippen MR) is 106 cm³/mol. The minimum atomic E-state index is -2.81. The summed E-state index contributed by atoms with van der Waals surface area (Å²) in [7, 11) is -1.23. The average molecular weight is 386 g/mol. The van der Waals surface area contributed by atoms with E-state index in [0.29, 0.717) is 24.0 Å². The number of fused-ring (bicyclic) bond motifs is 1. The normalized spacial score (nSPS) is 17.0. The highest BCUT2D eigenvalue weighted by atomic mass is 32.2. The van der Waals surface area contributed by atoms with Crippen molar-refractivity contribution in [1.29, 1.82) is 4.78 Å². The summed E-state index contributed by atoms with van der Waals surface area (Å²) < 4.78 is 30.9. The van der Waals surface area contributed by atoms with Crippen molar-refractivity contribution < 1.29 is 13.7 Å². The van der Waals surface area contributed by atoms with E-state index in [1.54, 1.807) is 13.2 Å². The summed E-state index contributed by atoms with van der Waals surface area (Å²) in [5.74, 6) is 0.542. The standard InChI is InChI=1S/C19H22N4O3S/c1-25-18-6-3-13-11-16(21-19(13)22-18)15-12-14(27(2,20)24)4-5-17(15)23-7-9-26-10-8-23/h3-6,11-12,20H,7-10H2,1-2H3,(H,21,22). The van der Waals surface area contributed by atoms with Gasteiger partial charge in [-0.05, 0) is 30.3 Å². The Kier molecular flexibility index (Phi) is 4.53. The number of hydrogen-bond acceptors (Lipinski definition) is 6. The third-order valence-corrected chi connectivity index (χ3v) is 5.88. The summed E-state index contributed by atoms with van der Waals surface area (Å²) in [6.45, 7) is 2.94. The Morgan fingerprint density at radius 1 is 1.22 bits per heavy atom. The molecule has 0 radical (unpaired) electrons. The smallest absolute Gasteiger partial charge is 0.214 e. The van der Waals surface area contributed by atoms with Crippen LogP contribution >= 0.6 is 0 Å². The first-order chi connectivity index (χ1) is 13.0. The van der Waals surface area contributed by atoms with Crippen LogP contribution in [0.2, 0.25) is 0 Å². The summed E-state index contributed by atoms with van der Waals surface area (Å²) in [5.41, 5.74) is 3.54. The topological polar surface area (TPSA) is 91.3 Å². The molecule has 0 amide bonds. The number of methoxy groups -OCH3 is 1. The monoisotopic (exact) mass is 386 g/mol. The van der Waals surface area contributed by atoms with Gasteiger partial charge in [-0.25, -0.2) is 8.99 Å². The van der Waals surface area contributed by atoms with Gasteiger partial charge in [-0.2, -0.15) is 4.98 Å². The van der Waals surface area contributed by atoms with Crippen LogP contribution in [0.1, 0.15) is 0 Å². The molecule has 1 unspecified atom stereocenters. The predicted octanol–water partition coefficient (Wildman–Crippen LogP) is 3.11. The van der Waals surface area contributed by atoms with Crippen molar-refractivity contribution >= 4 is 26.4 Å². The zero-order chi connectivity index (χ0) is 19.0. The van der Waals surface area contributed by atoms with Crippen molar-refractivity contribution in [1.82, 2.24) is 9.97 Å². The van der Waals surface area contributed by atoms with Crippen molar-refractivity contribution in [2.45, 2.75) is 4.90 Å². The lowest BCUT2D eigenvalue weighted by Gasteiger charge is -2.30. The van der Waals surface area contributed by atoms with Gasteiger partial charge in [-0.3, -0.25) is 0 Å². The number of rotatable bonds is 4. The second kappa shape index (κ2) is 6.86. The minimum Gasteiger partial charge on any atom is -0.481 e. The number of morpholine rings is 1. The quantitative estimate of drug-likeness (QED) is 0.719. The summed E-state index contributed by atoms with van der Waals surface area (Å²) in [5, 5.41) is 0.965. The van der Waals surface area contributed by atoms with Crippen molar-refractivity contribution in [3.05, 3.63) is 36.4 Å². The van der Waals surface area contributed by atoms with E-state index in [-0.39, 0.29) is 0 Å². The van der Waals surface area contributed by atoms with Crippen LogP contribution in [0.4, 0.5) is 5.69 Å². The molecule has 2 N–H and O–H groups in total. The molecule has 0 aliphatic carbocycles.